The molecule has 0 radical (unpaired) electrons. The first-order valence-electron chi connectivity index (χ1n) is 5.61. The summed E-state index contributed by atoms with van der Waals surface area (Å²) in [5.74, 6) is -0.228. The molecular formula is C15H13ClO2. The third kappa shape index (κ3) is 3.11. The molecule has 2 aromatic carbocycles. The highest BCUT2D eigenvalue weighted by atomic mass is 35.5. The van der Waals surface area contributed by atoms with Crippen LogP contribution in [0.25, 0.3) is 11.1 Å². The minimum Gasteiger partial charge on any atom is -0.469 e. The van der Waals surface area contributed by atoms with Crippen LogP contribution in [0.3, 0.4) is 0 Å². The zero-order valence-electron chi connectivity index (χ0n) is 10.0. The first-order chi connectivity index (χ1) is 8.69. The molecule has 0 unspecified atom stereocenters. The van der Waals surface area contributed by atoms with Crippen LogP contribution >= 0.6 is 11.6 Å². The number of rotatable bonds is 3. The van der Waals surface area contributed by atoms with Gasteiger partial charge in [-0.3, -0.25) is 4.79 Å². The van der Waals surface area contributed by atoms with Gasteiger partial charge in [-0.25, -0.2) is 0 Å². The second kappa shape index (κ2) is 5.69. The molecule has 2 aromatic rings. The Labute approximate surface area is 111 Å². The van der Waals surface area contributed by atoms with E-state index in [-0.39, 0.29) is 5.97 Å². The summed E-state index contributed by atoms with van der Waals surface area (Å²) in [4.78, 5) is 11.1. The molecule has 0 heterocycles. The molecule has 0 atom stereocenters. The van der Waals surface area contributed by atoms with Crippen molar-refractivity contribution in [3.8, 4) is 11.1 Å². The van der Waals surface area contributed by atoms with Gasteiger partial charge in [0.2, 0.25) is 0 Å². The number of benzene rings is 2. The molecule has 3 heteroatoms. The molecule has 0 amide bonds. The molecule has 0 aromatic heterocycles. The van der Waals surface area contributed by atoms with Gasteiger partial charge in [-0.05, 0) is 28.8 Å². The zero-order valence-corrected chi connectivity index (χ0v) is 10.8. The van der Waals surface area contributed by atoms with E-state index in [9.17, 15) is 4.79 Å². The third-order valence-electron chi connectivity index (χ3n) is 2.71. The highest BCUT2D eigenvalue weighted by molar-refractivity contribution is 6.30. The standard InChI is InChI=1S/C15H13ClO2/c1-18-15(17)10-11-2-4-12(5-3-11)13-6-8-14(16)9-7-13/h2-9H,10H2,1H3. The minimum atomic E-state index is -0.228. The van der Waals surface area contributed by atoms with Crippen LogP contribution in [-0.4, -0.2) is 13.1 Å². The van der Waals surface area contributed by atoms with E-state index in [0.29, 0.717) is 6.42 Å². The summed E-state index contributed by atoms with van der Waals surface area (Å²) in [6.45, 7) is 0. The van der Waals surface area contributed by atoms with Crippen LogP contribution in [0.15, 0.2) is 48.5 Å². The number of esters is 1. The fourth-order valence-electron chi connectivity index (χ4n) is 1.70. The monoisotopic (exact) mass is 260 g/mol. The summed E-state index contributed by atoms with van der Waals surface area (Å²) in [5.41, 5.74) is 3.14. The Morgan fingerprint density at radius 3 is 2.00 bits per heavy atom. The van der Waals surface area contributed by atoms with E-state index < -0.39 is 0 Å². The summed E-state index contributed by atoms with van der Waals surface area (Å²) in [6, 6.07) is 15.5. The Morgan fingerprint density at radius 1 is 1.00 bits per heavy atom. The third-order valence-corrected chi connectivity index (χ3v) is 2.96. The van der Waals surface area contributed by atoms with Gasteiger partial charge in [0.1, 0.15) is 0 Å². The van der Waals surface area contributed by atoms with E-state index in [2.05, 4.69) is 4.74 Å². The average molecular weight is 261 g/mol. The lowest BCUT2D eigenvalue weighted by Gasteiger charge is -2.04. The van der Waals surface area contributed by atoms with Crippen molar-refractivity contribution >= 4 is 17.6 Å². The zero-order chi connectivity index (χ0) is 13.0. The number of halogens is 1. The Kier molecular flexibility index (Phi) is 4.00. The van der Waals surface area contributed by atoms with Crippen molar-refractivity contribution in [2.45, 2.75) is 6.42 Å². The van der Waals surface area contributed by atoms with E-state index in [4.69, 9.17) is 11.6 Å². The van der Waals surface area contributed by atoms with Gasteiger partial charge in [-0.1, -0.05) is 48.0 Å². The van der Waals surface area contributed by atoms with Crippen molar-refractivity contribution in [1.29, 1.82) is 0 Å². The number of methoxy groups -OCH3 is 1. The number of ether oxygens (including phenoxy) is 1. The lowest BCUT2D eigenvalue weighted by Crippen LogP contribution is -2.03. The van der Waals surface area contributed by atoms with Crippen LogP contribution < -0.4 is 0 Å². The topological polar surface area (TPSA) is 26.3 Å². The van der Waals surface area contributed by atoms with Crippen LogP contribution in [0.1, 0.15) is 5.56 Å². The molecular weight excluding hydrogens is 248 g/mol. The van der Waals surface area contributed by atoms with Gasteiger partial charge in [0.05, 0.1) is 13.5 Å². The molecule has 0 spiro atoms. The predicted molar refractivity (Wildman–Crippen MR) is 72.6 cm³/mol. The van der Waals surface area contributed by atoms with Crippen molar-refractivity contribution in [1.82, 2.24) is 0 Å². The summed E-state index contributed by atoms with van der Waals surface area (Å²) in [5, 5.41) is 0.723. The maximum absolute atomic E-state index is 11.1. The van der Waals surface area contributed by atoms with Gasteiger partial charge in [0.15, 0.2) is 0 Å². The van der Waals surface area contributed by atoms with Crippen LogP contribution in [0.2, 0.25) is 5.02 Å². The maximum Gasteiger partial charge on any atom is 0.309 e. The molecule has 92 valence electrons. The fraction of sp³-hybridized carbons (Fsp3) is 0.133. The van der Waals surface area contributed by atoms with E-state index in [0.717, 1.165) is 21.7 Å². The lowest BCUT2D eigenvalue weighted by molar-refractivity contribution is -0.139. The van der Waals surface area contributed by atoms with Gasteiger partial charge in [-0.2, -0.15) is 0 Å². The summed E-state index contributed by atoms with van der Waals surface area (Å²) < 4.78 is 4.63. The smallest absolute Gasteiger partial charge is 0.309 e. The number of carbonyl (C=O) groups is 1. The lowest BCUT2D eigenvalue weighted by atomic mass is 10.0. The van der Waals surface area contributed by atoms with Gasteiger partial charge in [0.25, 0.3) is 0 Å². The van der Waals surface area contributed by atoms with Crippen LogP contribution in [0.5, 0.6) is 0 Å². The van der Waals surface area contributed by atoms with Gasteiger partial charge in [0, 0.05) is 5.02 Å². The molecule has 0 N–H and O–H groups in total. The van der Waals surface area contributed by atoms with E-state index in [1.54, 1.807) is 0 Å². The molecule has 2 rings (SSSR count). The molecule has 0 aliphatic rings. The van der Waals surface area contributed by atoms with Crippen molar-refractivity contribution in [3.63, 3.8) is 0 Å². The number of hydrogen-bond donors (Lipinski definition) is 0. The molecule has 0 saturated carbocycles. The largest absolute Gasteiger partial charge is 0.469 e. The van der Waals surface area contributed by atoms with Crippen LogP contribution in [-0.2, 0) is 16.0 Å². The van der Waals surface area contributed by atoms with Crippen LogP contribution in [0.4, 0.5) is 0 Å². The number of carbonyl (C=O) groups excluding carboxylic acids is 1. The molecule has 0 fully saturated rings. The second-order valence-electron chi connectivity index (χ2n) is 3.96. The summed E-state index contributed by atoms with van der Waals surface area (Å²) >= 11 is 5.85. The summed E-state index contributed by atoms with van der Waals surface area (Å²) in [7, 11) is 1.39. The summed E-state index contributed by atoms with van der Waals surface area (Å²) in [6.07, 6.45) is 0.303. The maximum atomic E-state index is 11.1. The minimum absolute atomic E-state index is 0.228. The first-order valence-corrected chi connectivity index (χ1v) is 5.98. The van der Waals surface area contributed by atoms with Crippen molar-refractivity contribution in [2.75, 3.05) is 7.11 Å². The number of hydrogen-bond acceptors (Lipinski definition) is 2. The second-order valence-corrected chi connectivity index (χ2v) is 4.39. The Morgan fingerprint density at radius 2 is 1.50 bits per heavy atom. The fourth-order valence-corrected chi connectivity index (χ4v) is 1.82. The average Bonchev–Trinajstić information content (AvgIpc) is 2.40. The molecule has 0 bridgehead atoms. The highest BCUT2D eigenvalue weighted by Gasteiger charge is 2.03. The predicted octanol–water partition coefficient (Wildman–Crippen LogP) is 3.72. The highest BCUT2D eigenvalue weighted by Crippen LogP contribution is 2.22. The SMILES string of the molecule is COC(=O)Cc1ccc(-c2ccc(Cl)cc2)cc1. The normalized spacial score (nSPS) is 10.1. The van der Waals surface area contributed by atoms with E-state index >= 15 is 0 Å². The first kappa shape index (κ1) is 12.7. The molecule has 0 saturated heterocycles. The van der Waals surface area contributed by atoms with Gasteiger partial charge >= 0.3 is 5.97 Å². The Bertz CT molecular complexity index is 529. The van der Waals surface area contributed by atoms with Crippen LogP contribution in [0, 0.1) is 0 Å². The van der Waals surface area contributed by atoms with Crippen molar-refractivity contribution < 1.29 is 9.53 Å². The van der Waals surface area contributed by atoms with E-state index in [1.165, 1.54) is 7.11 Å². The van der Waals surface area contributed by atoms with Gasteiger partial charge < -0.3 is 4.74 Å². The molecule has 0 aliphatic heterocycles. The Hall–Kier alpha value is -1.80. The van der Waals surface area contributed by atoms with Crippen molar-refractivity contribution in [2.24, 2.45) is 0 Å². The van der Waals surface area contributed by atoms with Crippen molar-refractivity contribution in [3.05, 3.63) is 59.1 Å². The molecule has 2 nitrogen and oxygen atoms in total. The Balaban J connectivity index is 2.17. The van der Waals surface area contributed by atoms with E-state index in [1.807, 2.05) is 48.5 Å². The molecule has 0 aliphatic carbocycles. The van der Waals surface area contributed by atoms with Gasteiger partial charge in [-0.15, -0.1) is 0 Å². The molecule has 18 heavy (non-hydrogen) atoms. The quantitative estimate of drug-likeness (QED) is 0.786.